The van der Waals surface area contributed by atoms with Gasteiger partial charge >= 0.3 is 0 Å². The van der Waals surface area contributed by atoms with E-state index in [0.29, 0.717) is 10.0 Å². The van der Waals surface area contributed by atoms with Crippen molar-refractivity contribution in [1.82, 2.24) is 5.32 Å². The number of rotatable bonds is 1. The lowest BCUT2D eigenvalue weighted by Crippen LogP contribution is -2.13. The Bertz CT molecular complexity index is 385. The molecular weight excluding hydrogens is 229 g/mol. The first-order chi connectivity index (χ1) is 7.29. The topological polar surface area (TPSA) is 12.0 Å². The lowest BCUT2D eigenvalue weighted by Gasteiger charge is -2.08. The molecule has 1 N–H and O–H groups in total. The lowest BCUT2D eigenvalue weighted by atomic mass is 10.0. The van der Waals surface area contributed by atoms with Crippen LogP contribution in [0.4, 0.5) is 0 Å². The highest BCUT2D eigenvalue weighted by Crippen LogP contribution is 2.32. The third kappa shape index (κ3) is 2.54. The summed E-state index contributed by atoms with van der Waals surface area (Å²) in [6, 6.07) is 5.80. The van der Waals surface area contributed by atoms with Crippen LogP contribution in [0.3, 0.4) is 0 Å². The average molecular weight is 242 g/mol. The zero-order chi connectivity index (χ0) is 10.7. The van der Waals surface area contributed by atoms with Gasteiger partial charge in [-0.3, -0.25) is 0 Å². The second kappa shape index (κ2) is 5.02. The fourth-order valence-electron chi connectivity index (χ4n) is 1.80. The fraction of sp³-hybridized carbons (Fsp3) is 0.333. The van der Waals surface area contributed by atoms with Crippen LogP contribution in [-0.4, -0.2) is 13.1 Å². The van der Waals surface area contributed by atoms with Crippen molar-refractivity contribution in [2.75, 3.05) is 13.1 Å². The molecule has 0 atom stereocenters. The van der Waals surface area contributed by atoms with Gasteiger partial charge in [-0.05, 0) is 43.1 Å². The molecule has 1 aliphatic rings. The first kappa shape index (κ1) is 11.0. The maximum atomic E-state index is 6.19. The maximum Gasteiger partial charge on any atom is 0.0667 e. The van der Waals surface area contributed by atoms with Crippen LogP contribution < -0.4 is 5.32 Å². The van der Waals surface area contributed by atoms with Gasteiger partial charge in [0.1, 0.15) is 0 Å². The zero-order valence-corrected chi connectivity index (χ0v) is 9.91. The van der Waals surface area contributed by atoms with Gasteiger partial charge in [0, 0.05) is 0 Å². The van der Waals surface area contributed by atoms with E-state index in [1.807, 2.05) is 18.2 Å². The highest BCUT2D eigenvalue weighted by Gasteiger charge is 2.10. The molecule has 1 heterocycles. The molecule has 0 radical (unpaired) electrons. The molecule has 0 aliphatic carbocycles. The largest absolute Gasteiger partial charge is 0.316 e. The molecule has 0 fully saturated rings. The molecule has 1 aliphatic heterocycles. The highest BCUT2D eigenvalue weighted by molar-refractivity contribution is 6.43. The normalized spacial score (nSPS) is 17.1. The second-order valence-corrected chi connectivity index (χ2v) is 4.40. The molecule has 0 saturated heterocycles. The van der Waals surface area contributed by atoms with Crippen molar-refractivity contribution in [1.29, 1.82) is 0 Å². The predicted molar refractivity (Wildman–Crippen MR) is 66.5 cm³/mol. The highest BCUT2D eigenvalue weighted by atomic mass is 35.5. The van der Waals surface area contributed by atoms with Gasteiger partial charge in [0.2, 0.25) is 0 Å². The summed E-state index contributed by atoms with van der Waals surface area (Å²) in [4.78, 5) is 0. The zero-order valence-electron chi connectivity index (χ0n) is 8.39. The molecule has 1 aromatic carbocycles. The van der Waals surface area contributed by atoms with E-state index in [1.54, 1.807) is 0 Å². The minimum atomic E-state index is 0.632. The summed E-state index contributed by atoms with van der Waals surface area (Å²) in [7, 11) is 0. The average Bonchev–Trinajstić information content (AvgIpc) is 2.50. The fourth-order valence-corrected chi connectivity index (χ4v) is 2.22. The first-order valence-corrected chi connectivity index (χ1v) is 5.89. The Labute approximate surface area is 100 Å². The third-order valence-electron chi connectivity index (χ3n) is 2.58. The third-order valence-corrected chi connectivity index (χ3v) is 3.40. The molecule has 0 amide bonds. The Hall–Kier alpha value is -0.500. The van der Waals surface area contributed by atoms with E-state index in [2.05, 4.69) is 11.4 Å². The molecule has 0 bridgehead atoms. The van der Waals surface area contributed by atoms with E-state index in [-0.39, 0.29) is 0 Å². The predicted octanol–water partition coefficient (Wildman–Crippen LogP) is 3.76. The minimum absolute atomic E-state index is 0.632. The van der Waals surface area contributed by atoms with Gasteiger partial charge in [0.05, 0.1) is 10.0 Å². The van der Waals surface area contributed by atoms with E-state index in [4.69, 9.17) is 23.2 Å². The van der Waals surface area contributed by atoms with Crippen molar-refractivity contribution in [2.24, 2.45) is 0 Å². The SMILES string of the molecule is Clc1cccc(C2=CCCNCC2)c1Cl. The summed E-state index contributed by atoms with van der Waals surface area (Å²) in [5, 5.41) is 4.66. The molecule has 0 unspecified atom stereocenters. The van der Waals surface area contributed by atoms with Crippen molar-refractivity contribution in [2.45, 2.75) is 12.8 Å². The lowest BCUT2D eigenvalue weighted by molar-refractivity contribution is 0.718. The van der Waals surface area contributed by atoms with Crippen LogP contribution in [0.5, 0.6) is 0 Å². The van der Waals surface area contributed by atoms with Gasteiger partial charge < -0.3 is 5.32 Å². The summed E-state index contributed by atoms with van der Waals surface area (Å²) in [6.07, 6.45) is 4.32. The quantitative estimate of drug-likeness (QED) is 0.790. The van der Waals surface area contributed by atoms with E-state index in [1.165, 1.54) is 5.57 Å². The second-order valence-electron chi connectivity index (χ2n) is 3.62. The van der Waals surface area contributed by atoms with E-state index >= 15 is 0 Å². The number of halogens is 2. The molecule has 2 rings (SSSR count). The van der Waals surface area contributed by atoms with Gasteiger partial charge in [-0.25, -0.2) is 0 Å². The van der Waals surface area contributed by atoms with Crippen molar-refractivity contribution in [3.8, 4) is 0 Å². The van der Waals surface area contributed by atoms with Crippen LogP contribution in [0.15, 0.2) is 24.3 Å². The van der Waals surface area contributed by atoms with Crippen LogP contribution in [0, 0.1) is 0 Å². The van der Waals surface area contributed by atoms with Crippen LogP contribution >= 0.6 is 23.2 Å². The Morgan fingerprint density at radius 2 is 2.00 bits per heavy atom. The number of hydrogen-bond acceptors (Lipinski definition) is 1. The Balaban J connectivity index is 2.35. The van der Waals surface area contributed by atoms with Gasteiger partial charge in [0.15, 0.2) is 0 Å². The van der Waals surface area contributed by atoms with E-state index in [0.717, 1.165) is 31.5 Å². The van der Waals surface area contributed by atoms with Crippen molar-refractivity contribution >= 4 is 28.8 Å². The van der Waals surface area contributed by atoms with Crippen molar-refractivity contribution in [3.63, 3.8) is 0 Å². The standard InChI is InChI=1S/C12H13Cl2N/c13-11-5-1-4-10(12(11)14)9-3-2-7-15-8-6-9/h1,3-5,15H,2,6-8H2. The number of hydrogen-bond donors (Lipinski definition) is 1. The molecule has 0 spiro atoms. The van der Waals surface area contributed by atoms with Crippen LogP contribution in [0.25, 0.3) is 5.57 Å². The monoisotopic (exact) mass is 241 g/mol. The van der Waals surface area contributed by atoms with Crippen LogP contribution in [0.2, 0.25) is 10.0 Å². The molecule has 0 aromatic heterocycles. The van der Waals surface area contributed by atoms with Gasteiger partial charge in [-0.1, -0.05) is 41.4 Å². The summed E-state index contributed by atoms with van der Waals surface area (Å²) in [5.41, 5.74) is 2.38. The summed E-state index contributed by atoms with van der Waals surface area (Å²) < 4.78 is 0. The first-order valence-electron chi connectivity index (χ1n) is 5.13. The molecular formula is C12H13Cl2N. The summed E-state index contributed by atoms with van der Waals surface area (Å²) >= 11 is 12.2. The van der Waals surface area contributed by atoms with Gasteiger partial charge in [0.25, 0.3) is 0 Å². The molecule has 15 heavy (non-hydrogen) atoms. The summed E-state index contributed by atoms with van der Waals surface area (Å²) in [5.74, 6) is 0. The molecule has 1 nitrogen and oxygen atoms in total. The molecule has 1 aromatic rings. The van der Waals surface area contributed by atoms with Crippen LogP contribution in [-0.2, 0) is 0 Å². The molecule has 80 valence electrons. The van der Waals surface area contributed by atoms with Crippen LogP contribution in [0.1, 0.15) is 18.4 Å². The Kier molecular flexibility index (Phi) is 3.68. The minimum Gasteiger partial charge on any atom is -0.316 e. The maximum absolute atomic E-state index is 6.19. The number of benzene rings is 1. The van der Waals surface area contributed by atoms with Crippen molar-refractivity contribution in [3.05, 3.63) is 39.9 Å². The van der Waals surface area contributed by atoms with E-state index < -0.39 is 0 Å². The van der Waals surface area contributed by atoms with Crippen molar-refractivity contribution < 1.29 is 0 Å². The Morgan fingerprint density at radius 3 is 2.87 bits per heavy atom. The summed E-state index contributed by atoms with van der Waals surface area (Å²) in [6.45, 7) is 2.05. The van der Waals surface area contributed by atoms with Gasteiger partial charge in [-0.2, -0.15) is 0 Å². The number of nitrogens with one attached hydrogen (secondary N) is 1. The molecule has 0 saturated carbocycles. The van der Waals surface area contributed by atoms with Gasteiger partial charge in [-0.15, -0.1) is 0 Å². The molecule has 3 heteroatoms. The van der Waals surface area contributed by atoms with E-state index in [9.17, 15) is 0 Å². The smallest absolute Gasteiger partial charge is 0.0667 e. The Morgan fingerprint density at radius 1 is 1.13 bits per heavy atom.